The van der Waals surface area contributed by atoms with Crippen LogP contribution in [-0.4, -0.2) is 42.2 Å². The second-order valence-corrected chi connectivity index (χ2v) is 4.79. The van der Waals surface area contributed by atoms with Gasteiger partial charge in [0, 0.05) is 13.1 Å². The number of rotatable bonds is 8. The van der Waals surface area contributed by atoms with E-state index in [4.69, 9.17) is 33.0 Å². The minimum Gasteiger partial charge on any atom is -0.489 e. The number of carbonyl (C=O) groups is 1. The van der Waals surface area contributed by atoms with Crippen LogP contribution in [0.15, 0.2) is 18.2 Å². The fourth-order valence-corrected chi connectivity index (χ4v) is 2.09. The molecule has 0 radical (unpaired) electrons. The molecule has 0 aliphatic carbocycles. The Labute approximate surface area is 122 Å². The van der Waals surface area contributed by atoms with E-state index in [-0.39, 0.29) is 6.42 Å². The van der Waals surface area contributed by atoms with Gasteiger partial charge in [0.15, 0.2) is 5.75 Å². The molecule has 0 aliphatic heterocycles. The molecule has 0 atom stereocenters. The molecular weight excluding hydrogens is 289 g/mol. The van der Waals surface area contributed by atoms with E-state index in [0.717, 1.165) is 6.54 Å². The lowest BCUT2D eigenvalue weighted by molar-refractivity contribution is -0.137. The molecule has 19 heavy (non-hydrogen) atoms. The van der Waals surface area contributed by atoms with Crippen molar-refractivity contribution in [3.8, 4) is 5.75 Å². The van der Waals surface area contributed by atoms with Crippen LogP contribution in [0.25, 0.3) is 0 Å². The number of nitrogens with zero attached hydrogens (tertiary/aromatic N) is 1. The number of benzene rings is 1. The van der Waals surface area contributed by atoms with Crippen molar-refractivity contribution in [2.24, 2.45) is 0 Å². The highest BCUT2D eigenvalue weighted by Crippen LogP contribution is 2.32. The first-order chi connectivity index (χ1) is 9.04. The Kier molecular flexibility index (Phi) is 6.99. The maximum Gasteiger partial charge on any atom is 0.304 e. The number of para-hydroxylation sites is 1. The highest BCUT2D eigenvalue weighted by molar-refractivity contribution is 6.37. The second kappa shape index (κ2) is 8.25. The molecule has 6 heteroatoms. The zero-order valence-corrected chi connectivity index (χ0v) is 12.2. The van der Waals surface area contributed by atoms with Gasteiger partial charge in [0.1, 0.15) is 6.61 Å². The predicted molar refractivity (Wildman–Crippen MR) is 76.3 cm³/mol. The number of hydrogen-bond acceptors (Lipinski definition) is 3. The van der Waals surface area contributed by atoms with E-state index in [1.807, 2.05) is 11.8 Å². The summed E-state index contributed by atoms with van der Waals surface area (Å²) < 4.78 is 5.55. The van der Waals surface area contributed by atoms with Crippen LogP contribution in [0.1, 0.15) is 13.3 Å². The zero-order chi connectivity index (χ0) is 14.3. The highest BCUT2D eigenvalue weighted by atomic mass is 35.5. The smallest absolute Gasteiger partial charge is 0.304 e. The van der Waals surface area contributed by atoms with Gasteiger partial charge in [-0.1, -0.05) is 36.2 Å². The summed E-state index contributed by atoms with van der Waals surface area (Å²) in [5, 5.41) is 9.59. The van der Waals surface area contributed by atoms with Crippen molar-refractivity contribution in [2.45, 2.75) is 13.3 Å². The van der Waals surface area contributed by atoms with Crippen molar-refractivity contribution >= 4 is 29.2 Å². The standard InChI is InChI=1S/C13H17Cl2NO3/c1-2-16(7-6-12(17)18)8-9-19-13-10(14)4-3-5-11(13)15/h3-5H,2,6-9H2,1H3,(H,17,18). The number of hydrogen-bond donors (Lipinski definition) is 1. The van der Waals surface area contributed by atoms with Gasteiger partial charge in [-0.25, -0.2) is 0 Å². The zero-order valence-electron chi connectivity index (χ0n) is 10.7. The van der Waals surface area contributed by atoms with E-state index < -0.39 is 5.97 Å². The molecule has 0 saturated heterocycles. The summed E-state index contributed by atoms with van der Waals surface area (Å²) in [5.41, 5.74) is 0. The molecule has 0 aliphatic rings. The molecule has 0 fully saturated rings. The van der Waals surface area contributed by atoms with Gasteiger partial charge in [0.05, 0.1) is 16.5 Å². The van der Waals surface area contributed by atoms with E-state index in [2.05, 4.69) is 0 Å². The number of carboxylic acid groups (broad SMARTS) is 1. The second-order valence-electron chi connectivity index (χ2n) is 3.98. The first-order valence-electron chi connectivity index (χ1n) is 6.05. The summed E-state index contributed by atoms with van der Waals surface area (Å²) in [6, 6.07) is 5.18. The van der Waals surface area contributed by atoms with Crippen molar-refractivity contribution in [1.82, 2.24) is 4.90 Å². The third-order valence-electron chi connectivity index (χ3n) is 2.66. The minimum absolute atomic E-state index is 0.126. The maximum atomic E-state index is 10.5. The van der Waals surface area contributed by atoms with Crippen LogP contribution >= 0.6 is 23.2 Å². The first-order valence-corrected chi connectivity index (χ1v) is 6.81. The number of ether oxygens (including phenoxy) is 1. The van der Waals surface area contributed by atoms with Crippen molar-refractivity contribution in [2.75, 3.05) is 26.2 Å². The van der Waals surface area contributed by atoms with Crippen LogP contribution in [0.3, 0.4) is 0 Å². The molecule has 1 rings (SSSR count). The van der Waals surface area contributed by atoms with Gasteiger partial charge >= 0.3 is 5.97 Å². The van der Waals surface area contributed by atoms with Gasteiger partial charge in [-0.15, -0.1) is 0 Å². The Morgan fingerprint density at radius 3 is 2.47 bits per heavy atom. The Morgan fingerprint density at radius 2 is 1.95 bits per heavy atom. The Balaban J connectivity index is 2.42. The number of halogens is 2. The van der Waals surface area contributed by atoms with Crippen molar-refractivity contribution in [1.29, 1.82) is 0 Å². The summed E-state index contributed by atoms with van der Waals surface area (Å²) in [6.07, 6.45) is 0.126. The highest BCUT2D eigenvalue weighted by Gasteiger charge is 2.09. The molecule has 1 aromatic rings. The van der Waals surface area contributed by atoms with Crippen molar-refractivity contribution in [3.05, 3.63) is 28.2 Å². The lowest BCUT2D eigenvalue weighted by atomic mass is 10.3. The largest absolute Gasteiger partial charge is 0.489 e. The van der Waals surface area contributed by atoms with Crippen molar-refractivity contribution in [3.63, 3.8) is 0 Å². The van der Waals surface area contributed by atoms with Gasteiger partial charge < -0.3 is 9.84 Å². The average molecular weight is 306 g/mol. The van der Waals surface area contributed by atoms with E-state index in [9.17, 15) is 4.79 Å². The lowest BCUT2D eigenvalue weighted by Crippen LogP contribution is -2.30. The fourth-order valence-electron chi connectivity index (χ4n) is 1.58. The van der Waals surface area contributed by atoms with Gasteiger partial charge in [-0.2, -0.15) is 0 Å². The fraction of sp³-hybridized carbons (Fsp3) is 0.462. The van der Waals surface area contributed by atoms with E-state index in [1.165, 1.54) is 0 Å². The monoisotopic (exact) mass is 305 g/mol. The molecule has 1 aromatic carbocycles. The van der Waals surface area contributed by atoms with Crippen LogP contribution in [0, 0.1) is 0 Å². The van der Waals surface area contributed by atoms with Gasteiger partial charge in [0.25, 0.3) is 0 Å². The summed E-state index contributed by atoms with van der Waals surface area (Å²) in [7, 11) is 0. The Morgan fingerprint density at radius 1 is 1.32 bits per heavy atom. The average Bonchev–Trinajstić information content (AvgIpc) is 2.36. The number of carboxylic acids is 1. The summed E-state index contributed by atoms with van der Waals surface area (Å²) in [6.45, 7) is 4.30. The molecule has 1 N–H and O–H groups in total. The third-order valence-corrected chi connectivity index (χ3v) is 3.26. The van der Waals surface area contributed by atoms with Crippen LogP contribution < -0.4 is 4.74 Å². The molecule has 0 unspecified atom stereocenters. The Hall–Kier alpha value is -0.970. The molecule has 0 bridgehead atoms. The van der Waals surface area contributed by atoms with Crippen LogP contribution in [0.2, 0.25) is 10.0 Å². The maximum absolute atomic E-state index is 10.5. The van der Waals surface area contributed by atoms with Gasteiger partial charge in [-0.05, 0) is 18.7 Å². The molecule has 106 valence electrons. The SMILES string of the molecule is CCN(CCOc1c(Cl)cccc1Cl)CCC(=O)O. The van der Waals surface area contributed by atoms with Crippen LogP contribution in [0.5, 0.6) is 5.75 Å². The molecule has 0 saturated carbocycles. The molecule has 0 spiro atoms. The molecule has 4 nitrogen and oxygen atoms in total. The van der Waals surface area contributed by atoms with E-state index in [1.54, 1.807) is 18.2 Å². The van der Waals surface area contributed by atoms with Crippen LogP contribution in [0.4, 0.5) is 0 Å². The van der Waals surface area contributed by atoms with Gasteiger partial charge in [0.2, 0.25) is 0 Å². The predicted octanol–water partition coefficient (Wildman–Crippen LogP) is 3.17. The lowest BCUT2D eigenvalue weighted by Gasteiger charge is -2.19. The number of likely N-dealkylation sites (N-methyl/N-ethyl adjacent to an activating group) is 1. The summed E-state index contributed by atoms with van der Waals surface area (Å²) in [4.78, 5) is 12.5. The van der Waals surface area contributed by atoms with Crippen molar-refractivity contribution < 1.29 is 14.6 Å². The molecule has 0 amide bonds. The quantitative estimate of drug-likeness (QED) is 0.801. The third kappa shape index (κ3) is 5.68. The van der Waals surface area contributed by atoms with E-state index in [0.29, 0.717) is 35.5 Å². The van der Waals surface area contributed by atoms with E-state index >= 15 is 0 Å². The molecule has 0 aromatic heterocycles. The summed E-state index contributed by atoms with van der Waals surface area (Å²) in [5.74, 6) is -0.325. The Bertz CT molecular complexity index is 406. The number of aliphatic carboxylic acids is 1. The first kappa shape index (κ1) is 16.1. The molecular formula is C13H17Cl2NO3. The van der Waals surface area contributed by atoms with Gasteiger partial charge in [-0.3, -0.25) is 9.69 Å². The molecule has 0 heterocycles. The topological polar surface area (TPSA) is 49.8 Å². The minimum atomic E-state index is -0.798. The van der Waals surface area contributed by atoms with Crippen LogP contribution in [-0.2, 0) is 4.79 Å². The normalized spacial score (nSPS) is 10.7. The summed E-state index contributed by atoms with van der Waals surface area (Å²) >= 11 is 12.0.